The summed E-state index contributed by atoms with van der Waals surface area (Å²) in [5.41, 5.74) is 2.03. The lowest BCUT2D eigenvalue weighted by Gasteiger charge is -2.25. The second-order valence-corrected chi connectivity index (χ2v) is 4.76. The van der Waals surface area contributed by atoms with Gasteiger partial charge in [-0.3, -0.25) is 0 Å². The van der Waals surface area contributed by atoms with Gasteiger partial charge in [-0.15, -0.1) is 0 Å². The van der Waals surface area contributed by atoms with E-state index in [1.807, 2.05) is 19.1 Å². The molecule has 3 nitrogen and oxygen atoms in total. The molecule has 0 unspecified atom stereocenters. The fraction of sp³-hybridized carbons (Fsp3) is 0.571. The average molecular weight is 270 g/mol. The fourth-order valence-corrected chi connectivity index (χ4v) is 2.24. The second kappa shape index (κ2) is 6.70. The van der Waals surface area contributed by atoms with Crippen LogP contribution < -0.4 is 15.0 Å². The van der Waals surface area contributed by atoms with Gasteiger partial charge < -0.3 is 15.0 Å². The van der Waals surface area contributed by atoms with Crippen LogP contribution in [0.1, 0.15) is 12.0 Å². The van der Waals surface area contributed by atoms with E-state index in [1.165, 1.54) is 0 Å². The normalized spacial score (nSPS) is 16.5. The molecule has 0 bridgehead atoms. The molecule has 0 aliphatic carbocycles. The lowest BCUT2D eigenvalue weighted by atomic mass is 10.2. The molecule has 106 valence electrons. The van der Waals surface area contributed by atoms with E-state index in [-0.39, 0.29) is 0 Å². The molecular formula is C14H20F2N2O. The second-order valence-electron chi connectivity index (χ2n) is 4.76. The number of nitrogens with zero attached hydrogens (tertiary/aromatic N) is 1. The number of halogens is 2. The predicted molar refractivity (Wildman–Crippen MR) is 72.4 cm³/mol. The SMILES string of the molecule is Cc1ccc(OCC(F)F)c(N2CCCNCC2)c1. The highest BCUT2D eigenvalue weighted by Gasteiger charge is 2.15. The van der Waals surface area contributed by atoms with Crippen LogP contribution in [0.3, 0.4) is 0 Å². The van der Waals surface area contributed by atoms with Gasteiger partial charge in [-0.2, -0.15) is 0 Å². The molecular weight excluding hydrogens is 250 g/mol. The van der Waals surface area contributed by atoms with Crippen LogP contribution in [-0.2, 0) is 0 Å². The summed E-state index contributed by atoms with van der Waals surface area (Å²) >= 11 is 0. The third kappa shape index (κ3) is 4.06. The number of hydrogen-bond acceptors (Lipinski definition) is 3. The molecule has 0 saturated carbocycles. The molecule has 1 saturated heterocycles. The van der Waals surface area contributed by atoms with Crippen molar-refractivity contribution in [3.63, 3.8) is 0 Å². The van der Waals surface area contributed by atoms with Gasteiger partial charge >= 0.3 is 0 Å². The summed E-state index contributed by atoms with van der Waals surface area (Å²) in [6.45, 7) is 5.13. The number of benzene rings is 1. The Morgan fingerprint density at radius 3 is 2.95 bits per heavy atom. The quantitative estimate of drug-likeness (QED) is 0.909. The first-order valence-electron chi connectivity index (χ1n) is 6.64. The van der Waals surface area contributed by atoms with Gasteiger partial charge in [-0.1, -0.05) is 6.07 Å². The molecule has 2 rings (SSSR count). The lowest BCUT2D eigenvalue weighted by Crippen LogP contribution is -2.28. The third-order valence-corrected chi connectivity index (χ3v) is 3.16. The number of anilines is 1. The molecule has 1 fully saturated rings. The molecule has 0 amide bonds. The molecule has 0 atom stereocenters. The van der Waals surface area contributed by atoms with Crippen molar-refractivity contribution in [3.05, 3.63) is 23.8 Å². The Hall–Kier alpha value is -1.36. The number of ether oxygens (including phenoxy) is 1. The van der Waals surface area contributed by atoms with Gasteiger partial charge in [0.05, 0.1) is 5.69 Å². The van der Waals surface area contributed by atoms with Crippen LogP contribution in [0.2, 0.25) is 0 Å². The van der Waals surface area contributed by atoms with Crippen molar-refractivity contribution < 1.29 is 13.5 Å². The highest BCUT2D eigenvalue weighted by molar-refractivity contribution is 5.60. The van der Waals surface area contributed by atoms with E-state index >= 15 is 0 Å². The van der Waals surface area contributed by atoms with E-state index in [0.29, 0.717) is 5.75 Å². The summed E-state index contributed by atoms with van der Waals surface area (Å²) in [6, 6.07) is 5.68. The van der Waals surface area contributed by atoms with E-state index in [9.17, 15) is 8.78 Å². The molecule has 1 aromatic carbocycles. The molecule has 0 aromatic heterocycles. The molecule has 0 radical (unpaired) electrons. The predicted octanol–water partition coefficient (Wildman–Crippen LogP) is 2.44. The highest BCUT2D eigenvalue weighted by atomic mass is 19.3. The topological polar surface area (TPSA) is 24.5 Å². The number of alkyl halides is 2. The minimum Gasteiger partial charge on any atom is -0.485 e. The van der Waals surface area contributed by atoms with Gasteiger partial charge in [0, 0.05) is 19.6 Å². The van der Waals surface area contributed by atoms with Crippen molar-refractivity contribution >= 4 is 5.69 Å². The Balaban J connectivity index is 2.17. The Morgan fingerprint density at radius 1 is 1.32 bits per heavy atom. The smallest absolute Gasteiger partial charge is 0.272 e. The maximum atomic E-state index is 12.3. The summed E-state index contributed by atoms with van der Waals surface area (Å²) in [4.78, 5) is 2.20. The largest absolute Gasteiger partial charge is 0.485 e. The van der Waals surface area contributed by atoms with Crippen molar-refractivity contribution in [1.29, 1.82) is 0 Å². The zero-order valence-electron chi connectivity index (χ0n) is 11.2. The molecule has 1 heterocycles. The standard InChI is InChI=1S/C14H20F2N2O/c1-11-3-4-13(19-10-14(15)16)12(9-11)18-7-2-5-17-6-8-18/h3-4,9,14,17H,2,5-8,10H2,1H3. The van der Waals surface area contributed by atoms with Crippen molar-refractivity contribution in [2.24, 2.45) is 0 Å². The van der Waals surface area contributed by atoms with Gasteiger partial charge in [0.25, 0.3) is 6.43 Å². The number of rotatable bonds is 4. The van der Waals surface area contributed by atoms with Crippen molar-refractivity contribution in [2.75, 3.05) is 37.7 Å². The van der Waals surface area contributed by atoms with Crippen molar-refractivity contribution in [3.8, 4) is 5.75 Å². The summed E-state index contributed by atoms with van der Waals surface area (Å²) in [6.07, 6.45) is -1.40. The Bertz CT molecular complexity index is 404. The van der Waals surface area contributed by atoms with Crippen LogP contribution in [0.4, 0.5) is 14.5 Å². The fourth-order valence-electron chi connectivity index (χ4n) is 2.24. The minimum atomic E-state index is -2.44. The summed E-state index contributed by atoms with van der Waals surface area (Å²) in [7, 11) is 0. The van der Waals surface area contributed by atoms with Crippen LogP contribution >= 0.6 is 0 Å². The number of aryl methyl sites for hydroxylation is 1. The Kier molecular flexibility index (Phi) is 4.96. The van der Waals surface area contributed by atoms with Crippen molar-refractivity contribution in [1.82, 2.24) is 5.32 Å². The van der Waals surface area contributed by atoms with E-state index in [4.69, 9.17) is 4.74 Å². The van der Waals surface area contributed by atoms with Crippen LogP contribution in [0.5, 0.6) is 5.75 Å². The van der Waals surface area contributed by atoms with Crippen LogP contribution in [0.15, 0.2) is 18.2 Å². The zero-order chi connectivity index (χ0) is 13.7. The van der Waals surface area contributed by atoms with E-state index < -0.39 is 13.0 Å². The summed E-state index contributed by atoms with van der Waals surface area (Å²) < 4.78 is 29.8. The van der Waals surface area contributed by atoms with E-state index in [0.717, 1.165) is 43.9 Å². The molecule has 19 heavy (non-hydrogen) atoms. The Labute approximate surface area is 112 Å². The molecule has 0 spiro atoms. The lowest BCUT2D eigenvalue weighted by molar-refractivity contribution is 0.0821. The number of hydrogen-bond donors (Lipinski definition) is 1. The van der Waals surface area contributed by atoms with Gasteiger partial charge in [-0.05, 0) is 37.6 Å². The van der Waals surface area contributed by atoms with Gasteiger partial charge in [0.1, 0.15) is 12.4 Å². The first-order valence-corrected chi connectivity index (χ1v) is 6.64. The monoisotopic (exact) mass is 270 g/mol. The molecule has 1 aliphatic rings. The van der Waals surface area contributed by atoms with E-state index in [2.05, 4.69) is 10.2 Å². The van der Waals surface area contributed by atoms with Crippen LogP contribution in [-0.4, -0.2) is 39.2 Å². The first kappa shape index (κ1) is 14.1. The zero-order valence-corrected chi connectivity index (χ0v) is 11.2. The minimum absolute atomic E-state index is 0.549. The van der Waals surface area contributed by atoms with Gasteiger partial charge in [0.15, 0.2) is 0 Å². The van der Waals surface area contributed by atoms with E-state index in [1.54, 1.807) is 6.07 Å². The summed E-state index contributed by atoms with van der Waals surface area (Å²) in [5.74, 6) is 0.549. The summed E-state index contributed by atoms with van der Waals surface area (Å²) in [5, 5.41) is 3.33. The average Bonchev–Trinajstić information content (AvgIpc) is 2.65. The van der Waals surface area contributed by atoms with Gasteiger partial charge in [0.2, 0.25) is 0 Å². The number of nitrogens with one attached hydrogen (secondary N) is 1. The van der Waals surface area contributed by atoms with Crippen LogP contribution in [0.25, 0.3) is 0 Å². The van der Waals surface area contributed by atoms with Crippen molar-refractivity contribution in [2.45, 2.75) is 19.8 Å². The Morgan fingerprint density at radius 2 is 2.16 bits per heavy atom. The third-order valence-electron chi connectivity index (χ3n) is 3.16. The van der Waals surface area contributed by atoms with Gasteiger partial charge in [-0.25, -0.2) is 8.78 Å². The first-order chi connectivity index (χ1) is 9.16. The van der Waals surface area contributed by atoms with Crippen LogP contribution in [0, 0.1) is 6.92 Å². The molecule has 5 heteroatoms. The molecule has 1 N–H and O–H groups in total. The molecule has 1 aromatic rings. The molecule has 1 aliphatic heterocycles. The maximum absolute atomic E-state index is 12.3. The highest BCUT2D eigenvalue weighted by Crippen LogP contribution is 2.30. The maximum Gasteiger partial charge on any atom is 0.272 e.